The summed E-state index contributed by atoms with van der Waals surface area (Å²) in [6.45, 7) is 5.38. The number of carbonyl (C=O) groups excluding carboxylic acids is 2. The number of halogens is 2. The van der Waals surface area contributed by atoms with Gasteiger partial charge in [0.2, 0.25) is 5.78 Å². The highest BCUT2D eigenvalue weighted by Crippen LogP contribution is 2.19. The Hall–Kier alpha value is -1.91. The Morgan fingerprint density at radius 3 is 2.43 bits per heavy atom. The third kappa shape index (κ3) is 4.09. The van der Waals surface area contributed by atoms with Crippen molar-refractivity contribution in [2.75, 3.05) is 0 Å². The summed E-state index contributed by atoms with van der Waals surface area (Å²) in [5.74, 6) is -1.08. The highest BCUT2D eigenvalue weighted by Gasteiger charge is 2.23. The first-order chi connectivity index (χ1) is 10.8. The van der Waals surface area contributed by atoms with E-state index in [1.165, 1.54) is 19.1 Å². The Labute approximate surface area is 144 Å². The normalized spacial score (nSPS) is 11.9. The van der Waals surface area contributed by atoms with Crippen LogP contribution in [0.2, 0.25) is 10.2 Å². The number of rotatable bonds is 4. The fraction of sp³-hybridized carbons (Fsp3) is 0.235. The molecule has 23 heavy (non-hydrogen) atoms. The van der Waals surface area contributed by atoms with Crippen LogP contribution < -0.4 is 0 Å². The molecule has 0 radical (unpaired) electrons. The zero-order valence-electron chi connectivity index (χ0n) is 12.9. The van der Waals surface area contributed by atoms with Crippen molar-refractivity contribution in [1.82, 2.24) is 4.98 Å². The topological polar surface area (TPSA) is 56.3 Å². The minimum atomic E-state index is -0.957. The van der Waals surface area contributed by atoms with E-state index in [1.807, 2.05) is 19.9 Å². The maximum absolute atomic E-state index is 12.4. The number of carbonyl (C=O) groups is 2. The molecule has 0 fully saturated rings. The molecule has 2 rings (SSSR count). The van der Waals surface area contributed by atoms with Crippen molar-refractivity contribution in [1.29, 1.82) is 0 Å². The van der Waals surface area contributed by atoms with Crippen molar-refractivity contribution in [3.05, 3.63) is 62.9 Å². The van der Waals surface area contributed by atoms with Gasteiger partial charge in [-0.05, 0) is 50.1 Å². The molecular weight excluding hydrogens is 337 g/mol. The minimum absolute atomic E-state index is 0.112. The highest BCUT2D eigenvalue weighted by molar-refractivity contribution is 6.34. The average Bonchev–Trinajstić information content (AvgIpc) is 2.51. The lowest BCUT2D eigenvalue weighted by Crippen LogP contribution is -2.25. The monoisotopic (exact) mass is 351 g/mol. The van der Waals surface area contributed by atoms with Crippen molar-refractivity contribution in [2.45, 2.75) is 26.9 Å². The van der Waals surface area contributed by atoms with Crippen LogP contribution in [0.4, 0.5) is 0 Å². The second-order valence-electron chi connectivity index (χ2n) is 5.18. The summed E-state index contributed by atoms with van der Waals surface area (Å²) in [5.41, 5.74) is 2.45. The highest BCUT2D eigenvalue weighted by atomic mass is 35.5. The van der Waals surface area contributed by atoms with Gasteiger partial charge in [-0.25, -0.2) is 9.78 Å². The molecule has 1 heterocycles. The largest absolute Gasteiger partial charge is 0.449 e. The van der Waals surface area contributed by atoms with Gasteiger partial charge >= 0.3 is 5.97 Å². The molecule has 1 aromatic heterocycles. The average molecular weight is 352 g/mol. The molecule has 1 atom stereocenters. The first-order valence-electron chi connectivity index (χ1n) is 6.94. The quantitative estimate of drug-likeness (QED) is 0.464. The SMILES string of the molecule is Cc1ccc(C(=O)[C@H](C)OC(=O)c2nc(Cl)ccc2Cl)cc1C. The maximum Gasteiger partial charge on any atom is 0.359 e. The molecule has 2 aromatic rings. The minimum Gasteiger partial charge on any atom is -0.449 e. The zero-order chi connectivity index (χ0) is 17.1. The van der Waals surface area contributed by atoms with Crippen LogP contribution in [0.25, 0.3) is 0 Å². The number of aromatic nitrogens is 1. The molecule has 0 saturated heterocycles. The molecule has 0 aliphatic carbocycles. The van der Waals surface area contributed by atoms with Gasteiger partial charge in [0.25, 0.3) is 0 Å². The number of Topliss-reactive ketones (excluding diaryl/α,β-unsaturated/α-hetero) is 1. The molecule has 0 bridgehead atoms. The lowest BCUT2D eigenvalue weighted by Gasteiger charge is -2.13. The van der Waals surface area contributed by atoms with Crippen molar-refractivity contribution in [3.63, 3.8) is 0 Å². The van der Waals surface area contributed by atoms with Gasteiger partial charge in [0.1, 0.15) is 5.15 Å². The van der Waals surface area contributed by atoms with Gasteiger partial charge in [-0.15, -0.1) is 0 Å². The van der Waals surface area contributed by atoms with E-state index in [1.54, 1.807) is 12.1 Å². The number of esters is 1. The molecule has 4 nitrogen and oxygen atoms in total. The molecule has 0 amide bonds. The number of pyridine rings is 1. The number of nitrogens with zero attached hydrogens (tertiary/aromatic N) is 1. The number of benzene rings is 1. The van der Waals surface area contributed by atoms with Crippen LogP contribution in [0.1, 0.15) is 38.9 Å². The maximum atomic E-state index is 12.4. The molecule has 0 N–H and O–H groups in total. The van der Waals surface area contributed by atoms with Gasteiger partial charge in [0.15, 0.2) is 11.8 Å². The zero-order valence-corrected chi connectivity index (χ0v) is 14.4. The number of ether oxygens (including phenoxy) is 1. The van der Waals surface area contributed by atoms with E-state index in [-0.39, 0.29) is 21.7 Å². The molecular formula is C17H15Cl2NO3. The molecule has 120 valence electrons. The second-order valence-corrected chi connectivity index (χ2v) is 5.97. The Kier molecular flexibility index (Phi) is 5.39. The second kappa shape index (κ2) is 7.11. The van der Waals surface area contributed by atoms with Crippen LogP contribution in [-0.4, -0.2) is 22.8 Å². The summed E-state index contributed by atoms with van der Waals surface area (Å²) in [5, 5.41) is 0.236. The molecule has 6 heteroatoms. The van der Waals surface area contributed by atoms with E-state index in [0.717, 1.165) is 11.1 Å². The smallest absolute Gasteiger partial charge is 0.359 e. The van der Waals surface area contributed by atoms with Crippen LogP contribution in [0.3, 0.4) is 0 Å². The summed E-state index contributed by atoms with van der Waals surface area (Å²) in [6.07, 6.45) is -0.957. The molecule has 1 aromatic carbocycles. The number of aryl methyl sites for hydroxylation is 2. The van der Waals surface area contributed by atoms with Crippen molar-refractivity contribution in [3.8, 4) is 0 Å². The molecule has 0 unspecified atom stereocenters. The van der Waals surface area contributed by atoms with Gasteiger partial charge in [0, 0.05) is 5.56 Å². The predicted molar refractivity (Wildman–Crippen MR) is 89.4 cm³/mol. The van der Waals surface area contributed by atoms with Crippen LogP contribution in [0, 0.1) is 13.8 Å². The number of hydrogen-bond donors (Lipinski definition) is 0. The van der Waals surface area contributed by atoms with E-state index in [4.69, 9.17) is 27.9 Å². The lowest BCUT2D eigenvalue weighted by molar-refractivity contribution is 0.0313. The van der Waals surface area contributed by atoms with E-state index in [0.29, 0.717) is 5.56 Å². The van der Waals surface area contributed by atoms with Crippen LogP contribution in [-0.2, 0) is 4.74 Å². The van der Waals surface area contributed by atoms with E-state index < -0.39 is 12.1 Å². The summed E-state index contributed by atoms with van der Waals surface area (Å²) in [7, 11) is 0. The Morgan fingerprint density at radius 1 is 1.09 bits per heavy atom. The van der Waals surface area contributed by atoms with Crippen molar-refractivity contribution in [2.24, 2.45) is 0 Å². The molecule has 0 spiro atoms. The van der Waals surface area contributed by atoms with Crippen LogP contribution in [0.5, 0.6) is 0 Å². The fourth-order valence-electron chi connectivity index (χ4n) is 1.96. The van der Waals surface area contributed by atoms with Crippen LogP contribution in [0.15, 0.2) is 30.3 Å². The van der Waals surface area contributed by atoms with E-state index in [2.05, 4.69) is 4.98 Å². The van der Waals surface area contributed by atoms with Gasteiger partial charge in [-0.3, -0.25) is 4.79 Å². The lowest BCUT2D eigenvalue weighted by atomic mass is 10.0. The Balaban J connectivity index is 2.15. The van der Waals surface area contributed by atoms with Gasteiger partial charge < -0.3 is 4.74 Å². The van der Waals surface area contributed by atoms with Crippen molar-refractivity contribution >= 4 is 35.0 Å². The standard InChI is InChI=1S/C17H15Cl2NO3/c1-9-4-5-12(8-10(9)2)16(21)11(3)23-17(22)15-13(18)6-7-14(19)20-15/h4-8,11H,1-3H3/t11-/m0/s1. The third-order valence-corrected chi connectivity index (χ3v) is 3.97. The summed E-state index contributed by atoms with van der Waals surface area (Å²) in [4.78, 5) is 28.3. The van der Waals surface area contributed by atoms with E-state index in [9.17, 15) is 9.59 Å². The van der Waals surface area contributed by atoms with Crippen molar-refractivity contribution < 1.29 is 14.3 Å². The Bertz CT molecular complexity index is 774. The Morgan fingerprint density at radius 2 is 1.78 bits per heavy atom. The van der Waals surface area contributed by atoms with Gasteiger partial charge in [-0.1, -0.05) is 35.3 Å². The number of ketones is 1. The predicted octanol–water partition coefficient (Wildman–Crippen LogP) is 4.43. The van der Waals surface area contributed by atoms with Crippen LogP contribution >= 0.6 is 23.2 Å². The number of hydrogen-bond acceptors (Lipinski definition) is 4. The summed E-state index contributed by atoms with van der Waals surface area (Å²) < 4.78 is 5.16. The van der Waals surface area contributed by atoms with E-state index >= 15 is 0 Å². The molecule has 0 saturated carbocycles. The third-order valence-electron chi connectivity index (χ3n) is 3.45. The molecule has 0 aliphatic rings. The first-order valence-corrected chi connectivity index (χ1v) is 7.69. The summed E-state index contributed by atoms with van der Waals surface area (Å²) in [6, 6.07) is 8.24. The van der Waals surface area contributed by atoms with Gasteiger partial charge in [0.05, 0.1) is 5.02 Å². The van der Waals surface area contributed by atoms with Gasteiger partial charge in [-0.2, -0.15) is 0 Å². The molecule has 0 aliphatic heterocycles. The summed E-state index contributed by atoms with van der Waals surface area (Å²) >= 11 is 11.6. The fourth-order valence-corrected chi connectivity index (χ4v) is 2.29. The first kappa shape index (κ1) is 17.4.